The van der Waals surface area contributed by atoms with Gasteiger partial charge in [-0.15, -0.1) is 0 Å². The van der Waals surface area contributed by atoms with E-state index in [0.29, 0.717) is 0 Å². The zero-order valence-corrected chi connectivity index (χ0v) is 10.6. The first-order chi connectivity index (χ1) is 3.72. The van der Waals surface area contributed by atoms with Crippen molar-refractivity contribution in [2.75, 3.05) is 0 Å². The molecule has 0 aliphatic carbocycles. The van der Waals surface area contributed by atoms with Crippen molar-refractivity contribution in [2.45, 2.75) is 22.6 Å². The van der Waals surface area contributed by atoms with E-state index in [4.69, 9.17) is 7.79 Å². The molecular weight excluding hydrogens is 320 g/mol. The van der Waals surface area contributed by atoms with Gasteiger partial charge < -0.3 is 0 Å². The van der Waals surface area contributed by atoms with Gasteiger partial charge in [0.2, 0.25) is 0 Å². The van der Waals surface area contributed by atoms with Crippen molar-refractivity contribution < 1.29 is 0 Å². The Labute approximate surface area is 62.5 Å². The van der Waals surface area contributed by atoms with E-state index < -0.39 is 32.7 Å². The molecule has 0 radical (unpaired) electrons. The fourth-order valence-corrected chi connectivity index (χ4v) is 16.3. The summed E-state index contributed by atoms with van der Waals surface area (Å²) < 4.78 is 14.2. The fraction of sp³-hybridized carbons (Fsp3) is 1.00. The van der Waals surface area contributed by atoms with E-state index in [0.717, 1.165) is 0 Å². The second-order valence-electron chi connectivity index (χ2n) is 1.51. The first-order valence-electron chi connectivity index (χ1n) is 2.76. The first kappa shape index (κ1) is 9.56. The molecule has 4 N–H and O–H groups in total. The topological polar surface area (TPSA) is 52.0 Å². The van der Waals surface area contributed by atoms with Crippen LogP contribution in [0.1, 0.15) is 13.8 Å². The van der Waals surface area contributed by atoms with Gasteiger partial charge in [-0.2, -0.15) is 0 Å². The molecule has 0 aliphatic heterocycles. The van der Waals surface area contributed by atoms with Crippen molar-refractivity contribution in [1.82, 2.24) is 0 Å². The quantitative estimate of drug-likeness (QED) is 0.715. The van der Waals surface area contributed by atoms with Crippen molar-refractivity contribution in [3.05, 3.63) is 0 Å². The molecule has 0 bridgehead atoms. The average Bonchev–Trinajstić information content (AvgIpc) is 1.84. The zero-order chi connectivity index (χ0) is 6.57. The van der Waals surface area contributed by atoms with Crippen molar-refractivity contribution >= 4 is 32.7 Å². The second-order valence-corrected chi connectivity index (χ2v) is 29.8. The Kier molecular flexibility index (Phi) is 6.39. The summed E-state index contributed by atoms with van der Waals surface area (Å²) >= 11 is -2.39. The van der Waals surface area contributed by atoms with Crippen molar-refractivity contribution in [1.29, 1.82) is 0 Å². The Bertz CT molecular complexity index is 52.0. The summed E-state index contributed by atoms with van der Waals surface area (Å²) in [6, 6.07) is 0. The van der Waals surface area contributed by atoms with E-state index in [1.54, 1.807) is 0 Å². The van der Waals surface area contributed by atoms with Crippen LogP contribution in [0.25, 0.3) is 0 Å². The van der Waals surface area contributed by atoms with Crippen LogP contribution in [-0.2, 0) is 0 Å². The fourth-order valence-electron chi connectivity index (χ4n) is 0.363. The van der Waals surface area contributed by atoms with Crippen molar-refractivity contribution in [2.24, 2.45) is 7.79 Å². The normalized spacial score (nSPS) is 11.2. The molecule has 50 valence electrons. The van der Waals surface area contributed by atoms with Gasteiger partial charge in [-0.3, -0.25) is 0 Å². The molecule has 2 nitrogen and oxygen atoms in total. The Morgan fingerprint density at radius 1 is 1.00 bits per heavy atom. The Balaban J connectivity index is 3.29. The van der Waals surface area contributed by atoms with E-state index in [9.17, 15) is 0 Å². The predicted octanol–water partition coefficient (Wildman–Crippen LogP) is 0.00500. The summed E-state index contributed by atoms with van der Waals surface area (Å²) in [4.78, 5) is 0. The van der Waals surface area contributed by atoms with Crippen LogP contribution in [0.4, 0.5) is 0 Å². The Morgan fingerprint density at radius 3 is 1.38 bits per heavy atom. The first-order valence-corrected chi connectivity index (χ1v) is 18.1. The molecule has 0 aromatic rings. The predicted molar refractivity (Wildman–Crippen MR) is 40.8 cm³/mol. The summed E-state index contributed by atoms with van der Waals surface area (Å²) in [5.74, 6) is 0. The Hall–Kier alpha value is 1.56. The van der Waals surface area contributed by atoms with Crippen LogP contribution < -0.4 is 7.79 Å². The number of hydrogen-bond donors (Lipinski definition) is 2. The maximum absolute atomic E-state index is 5.87. The molecule has 0 aliphatic rings. The third-order valence-electron chi connectivity index (χ3n) is 0.978. The molecule has 0 heterocycles. The van der Waals surface area contributed by atoms with Gasteiger partial charge in [-0.05, 0) is 0 Å². The monoisotopic (exact) mass is 332 g/mol. The van der Waals surface area contributed by atoms with Gasteiger partial charge in [0.15, 0.2) is 0 Å². The van der Waals surface area contributed by atoms with E-state index in [1.165, 1.54) is 8.73 Å². The minimum atomic E-state index is -1.20. The molecule has 0 atom stereocenters. The van der Waals surface area contributed by atoms with Crippen LogP contribution >= 0.6 is 0 Å². The van der Waals surface area contributed by atoms with Crippen LogP contribution in [0.15, 0.2) is 0 Å². The summed E-state index contributed by atoms with van der Waals surface area (Å²) in [5, 5.41) is 0. The van der Waals surface area contributed by atoms with Gasteiger partial charge in [-0.1, -0.05) is 0 Å². The van der Waals surface area contributed by atoms with Gasteiger partial charge >= 0.3 is 63.1 Å². The van der Waals surface area contributed by atoms with Crippen LogP contribution in [0.3, 0.4) is 0 Å². The van der Waals surface area contributed by atoms with E-state index in [1.807, 2.05) is 0 Å². The molecule has 4 heteroatoms. The van der Waals surface area contributed by atoms with Crippen molar-refractivity contribution in [3.63, 3.8) is 0 Å². The van der Waals surface area contributed by atoms with Crippen LogP contribution in [0.5, 0.6) is 0 Å². The molecule has 0 fully saturated rings. The number of nitrogens with two attached hydrogens (primary N) is 2. The van der Waals surface area contributed by atoms with Gasteiger partial charge in [0.05, 0.1) is 0 Å². The molecule has 0 spiro atoms. The molecule has 0 amide bonds. The van der Waals surface area contributed by atoms with Gasteiger partial charge in [-0.25, -0.2) is 0 Å². The maximum atomic E-state index is 5.87. The summed E-state index contributed by atoms with van der Waals surface area (Å²) in [6.45, 7) is 4.37. The molecular formula is C4H14N2Sb2. The standard InChI is InChI=1S/2C2H5.2H2N.2Sb/c2*1-2;;;;/h2*1H2,2H3;2*1H2;;/q;;2*-1;2*+1. The minimum absolute atomic E-state index is 1.20. The molecule has 0 saturated heterocycles. The molecule has 0 aromatic heterocycles. The Morgan fingerprint density at radius 2 is 1.25 bits per heavy atom. The summed E-state index contributed by atoms with van der Waals surface area (Å²) in [7, 11) is 0. The van der Waals surface area contributed by atoms with Gasteiger partial charge in [0.25, 0.3) is 0 Å². The molecule has 0 saturated carbocycles. The van der Waals surface area contributed by atoms with Crippen LogP contribution in [0, 0.1) is 0 Å². The van der Waals surface area contributed by atoms with E-state index >= 15 is 0 Å². The molecule has 0 unspecified atom stereocenters. The SMILES string of the molecule is C[CH2][Sb]([NH2])[Sb]([NH2])[CH2]C. The average molecular weight is 334 g/mol. The zero-order valence-electron chi connectivity index (χ0n) is 5.46. The summed E-state index contributed by atoms with van der Waals surface area (Å²) in [5.41, 5.74) is 0. The van der Waals surface area contributed by atoms with E-state index in [2.05, 4.69) is 13.8 Å². The van der Waals surface area contributed by atoms with Gasteiger partial charge in [0.1, 0.15) is 0 Å². The van der Waals surface area contributed by atoms with Crippen LogP contribution in [0.2, 0.25) is 8.73 Å². The third kappa shape index (κ3) is 3.56. The molecule has 8 heavy (non-hydrogen) atoms. The third-order valence-corrected chi connectivity index (χ3v) is 30.0. The van der Waals surface area contributed by atoms with E-state index in [-0.39, 0.29) is 0 Å². The number of hydrogen-bond acceptors (Lipinski definition) is 2. The van der Waals surface area contributed by atoms with Crippen LogP contribution in [-0.4, -0.2) is 32.7 Å². The number of rotatable bonds is 3. The summed E-state index contributed by atoms with van der Waals surface area (Å²) in [6.07, 6.45) is 0. The molecule has 0 aromatic carbocycles. The van der Waals surface area contributed by atoms with Gasteiger partial charge in [0, 0.05) is 0 Å². The van der Waals surface area contributed by atoms with Crippen molar-refractivity contribution in [3.8, 4) is 0 Å². The second kappa shape index (κ2) is 5.35. The molecule has 0 rings (SSSR count).